The highest BCUT2D eigenvalue weighted by Gasteiger charge is 2.21. The zero-order valence-corrected chi connectivity index (χ0v) is 17.3. The lowest BCUT2D eigenvalue weighted by atomic mass is 10.2. The van der Waals surface area contributed by atoms with Gasteiger partial charge >= 0.3 is 0 Å². The molecule has 0 atom stereocenters. The van der Waals surface area contributed by atoms with E-state index in [1.165, 1.54) is 22.0 Å². The standard InChI is InChI=1S/C19H15BrF2N2O3S/c1-9-8-28-19(15(9)17(23)25)24-10(2)5-14(16(20)18(24)26)27-7-11-3-4-12(21)6-13(11)22/h3-6,8H,7H2,1-2H3,(H2,23,25). The van der Waals surface area contributed by atoms with Crippen LogP contribution in [0, 0.1) is 25.5 Å². The Morgan fingerprint density at radius 1 is 1.29 bits per heavy atom. The van der Waals surface area contributed by atoms with E-state index in [1.54, 1.807) is 25.3 Å². The molecule has 0 bridgehead atoms. The van der Waals surface area contributed by atoms with Crippen molar-refractivity contribution in [2.75, 3.05) is 0 Å². The van der Waals surface area contributed by atoms with Crippen molar-refractivity contribution >= 4 is 33.2 Å². The summed E-state index contributed by atoms with van der Waals surface area (Å²) in [6, 6.07) is 4.76. The molecule has 0 aliphatic heterocycles. The van der Waals surface area contributed by atoms with Crippen molar-refractivity contribution < 1.29 is 18.3 Å². The van der Waals surface area contributed by atoms with Gasteiger partial charge in [-0.1, -0.05) is 0 Å². The Morgan fingerprint density at radius 2 is 2.00 bits per heavy atom. The Balaban J connectivity index is 2.00. The van der Waals surface area contributed by atoms with Crippen molar-refractivity contribution in [3.8, 4) is 10.8 Å². The molecule has 28 heavy (non-hydrogen) atoms. The Kier molecular flexibility index (Phi) is 5.66. The van der Waals surface area contributed by atoms with Gasteiger partial charge in [0, 0.05) is 23.4 Å². The maximum atomic E-state index is 13.8. The van der Waals surface area contributed by atoms with Gasteiger partial charge in [0.25, 0.3) is 11.5 Å². The number of nitrogens with zero attached hydrogens (tertiary/aromatic N) is 1. The summed E-state index contributed by atoms with van der Waals surface area (Å²) in [5.74, 6) is -1.83. The van der Waals surface area contributed by atoms with E-state index >= 15 is 0 Å². The van der Waals surface area contributed by atoms with Crippen molar-refractivity contribution in [1.82, 2.24) is 4.57 Å². The van der Waals surface area contributed by atoms with Crippen LogP contribution in [-0.4, -0.2) is 10.5 Å². The number of halogens is 3. The third kappa shape index (κ3) is 3.72. The maximum absolute atomic E-state index is 13.8. The predicted molar refractivity (Wildman–Crippen MR) is 106 cm³/mol. The van der Waals surface area contributed by atoms with Crippen LogP contribution in [-0.2, 0) is 6.61 Å². The van der Waals surface area contributed by atoms with E-state index in [0.29, 0.717) is 16.3 Å². The Hall–Kier alpha value is -2.52. The van der Waals surface area contributed by atoms with E-state index < -0.39 is 23.1 Å². The van der Waals surface area contributed by atoms with Crippen LogP contribution in [0.15, 0.2) is 38.9 Å². The number of hydrogen-bond donors (Lipinski definition) is 1. The van der Waals surface area contributed by atoms with Crippen LogP contribution in [0.2, 0.25) is 0 Å². The predicted octanol–water partition coefficient (Wildman–Crippen LogP) is 4.23. The van der Waals surface area contributed by atoms with Crippen molar-refractivity contribution in [1.29, 1.82) is 0 Å². The van der Waals surface area contributed by atoms with Gasteiger partial charge in [0.05, 0.1) is 5.56 Å². The smallest absolute Gasteiger partial charge is 0.274 e. The number of ether oxygens (including phenoxy) is 1. The van der Waals surface area contributed by atoms with Crippen LogP contribution < -0.4 is 16.0 Å². The highest BCUT2D eigenvalue weighted by atomic mass is 79.9. The van der Waals surface area contributed by atoms with E-state index in [9.17, 15) is 18.4 Å². The van der Waals surface area contributed by atoms with E-state index in [-0.39, 0.29) is 28.0 Å². The molecule has 2 aromatic heterocycles. The van der Waals surface area contributed by atoms with E-state index in [0.717, 1.165) is 12.1 Å². The average Bonchev–Trinajstić information content (AvgIpc) is 2.99. The fourth-order valence-corrected chi connectivity index (χ4v) is 4.25. The molecule has 0 aliphatic rings. The zero-order chi connectivity index (χ0) is 20.6. The summed E-state index contributed by atoms with van der Waals surface area (Å²) in [6.07, 6.45) is 0. The molecule has 0 radical (unpaired) electrons. The molecule has 3 aromatic rings. The second-order valence-corrected chi connectivity index (χ2v) is 7.74. The first-order valence-electron chi connectivity index (χ1n) is 8.07. The van der Waals surface area contributed by atoms with Gasteiger partial charge in [-0.2, -0.15) is 0 Å². The lowest BCUT2D eigenvalue weighted by molar-refractivity contribution is 0.1000. The molecule has 2 N–H and O–H groups in total. The number of rotatable bonds is 5. The van der Waals surface area contributed by atoms with Crippen molar-refractivity contribution in [2.45, 2.75) is 20.5 Å². The Labute approximate surface area is 171 Å². The lowest BCUT2D eigenvalue weighted by Gasteiger charge is -2.14. The zero-order valence-electron chi connectivity index (χ0n) is 14.9. The monoisotopic (exact) mass is 468 g/mol. The normalized spacial score (nSPS) is 10.9. The second-order valence-electron chi connectivity index (χ2n) is 6.09. The number of pyridine rings is 1. The molecule has 146 valence electrons. The maximum Gasteiger partial charge on any atom is 0.274 e. The van der Waals surface area contributed by atoms with E-state index in [1.807, 2.05) is 0 Å². The highest BCUT2D eigenvalue weighted by molar-refractivity contribution is 9.10. The van der Waals surface area contributed by atoms with Gasteiger partial charge in [-0.25, -0.2) is 8.78 Å². The first-order chi connectivity index (χ1) is 13.2. The first kappa shape index (κ1) is 20.2. The van der Waals surface area contributed by atoms with Gasteiger partial charge < -0.3 is 10.5 Å². The molecule has 0 spiro atoms. The molecular formula is C19H15BrF2N2O3S. The molecule has 0 saturated heterocycles. The molecule has 0 saturated carbocycles. The van der Waals surface area contributed by atoms with Crippen LogP contribution in [0.3, 0.4) is 0 Å². The van der Waals surface area contributed by atoms with Crippen molar-refractivity contribution in [3.63, 3.8) is 0 Å². The highest BCUT2D eigenvalue weighted by Crippen LogP contribution is 2.30. The first-order valence-corrected chi connectivity index (χ1v) is 9.75. The molecule has 3 rings (SSSR count). The molecule has 2 heterocycles. The number of hydrogen-bond acceptors (Lipinski definition) is 4. The van der Waals surface area contributed by atoms with Gasteiger partial charge in [0.1, 0.15) is 33.5 Å². The summed E-state index contributed by atoms with van der Waals surface area (Å²) in [5.41, 5.74) is 6.63. The number of thiophene rings is 1. The van der Waals surface area contributed by atoms with Gasteiger partial charge in [-0.3, -0.25) is 14.2 Å². The summed E-state index contributed by atoms with van der Waals surface area (Å²) in [7, 11) is 0. The molecular weight excluding hydrogens is 454 g/mol. The Morgan fingerprint density at radius 3 is 2.64 bits per heavy atom. The van der Waals surface area contributed by atoms with E-state index in [4.69, 9.17) is 10.5 Å². The summed E-state index contributed by atoms with van der Waals surface area (Å²) < 4.78 is 33.8. The molecule has 1 amide bonds. The Bertz CT molecular complexity index is 1140. The largest absolute Gasteiger partial charge is 0.487 e. The fraction of sp³-hybridized carbons (Fsp3) is 0.158. The number of aromatic nitrogens is 1. The SMILES string of the molecule is Cc1csc(-n2c(C)cc(OCc3ccc(F)cc3F)c(Br)c2=O)c1C(N)=O. The second kappa shape index (κ2) is 7.84. The van der Waals surface area contributed by atoms with Crippen LogP contribution in [0.1, 0.15) is 27.2 Å². The molecule has 0 fully saturated rings. The number of aryl methyl sites for hydroxylation is 2. The minimum atomic E-state index is -0.735. The number of carbonyl (C=O) groups excluding carboxylic acids is 1. The van der Waals surface area contributed by atoms with Crippen LogP contribution in [0.5, 0.6) is 5.75 Å². The van der Waals surface area contributed by atoms with Crippen LogP contribution in [0.25, 0.3) is 5.00 Å². The number of amides is 1. The summed E-state index contributed by atoms with van der Waals surface area (Å²) >= 11 is 4.44. The molecule has 0 aliphatic carbocycles. The van der Waals surface area contributed by atoms with Gasteiger partial charge in [0.2, 0.25) is 0 Å². The van der Waals surface area contributed by atoms with Gasteiger partial charge in [0.15, 0.2) is 0 Å². The van der Waals surface area contributed by atoms with Gasteiger partial charge in [-0.05, 0) is 52.9 Å². The quantitative estimate of drug-likeness (QED) is 0.608. The average molecular weight is 469 g/mol. The van der Waals surface area contributed by atoms with E-state index in [2.05, 4.69) is 15.9 Å². The summed E-state index contributed by atoms with van der Waals surface area (Å²) in [5, 5.41) is 2.17. The molecule has 5 nitrogen and oxygen atoms in total. The number of nitrogens with two attached hydrogens (primary N) is 1. The summed E-state index contributed by atoms with van der Waals surface area (Å²) in [4.78, 5) is 24.7. The summed E-state index contributed by atoms with van der Waals surface area (Å²) in [6.45, 7) is 3.24. The van der Waals surface area contributed by atoms with Gasteiger partial charge in [-0.15, -0.1) is 11.3 Å². The number of primary amides is 1. The number of benzene rings is 1. The molecule has 9 heteroatoms. The minimum absolute atomic E-state index is 0.113. The third-order valence-corrected chi connectivity index (χ3v) is 5.91. The molecule has 0 unspecified atom stereocenters. The topological polar surface area (TPSA) is 74.3 Å². The number of carbonyl (C=O) groups is 1. The minimum Gasteiger partial charge on any atom is -0.487 e. The van der Waals surface area contributed by atoms with Crippen LogP contribution in [0.4, 0.5) is 8.78 Å². The molecule has 1 aromatic carbocycles. The van der Waals surface area contributed by atoms with Crippen LogP contribution >= 0.6 is 27.3 Å². The fourth-order valence-electron chi connectivity index (χ4n) is 2.73. The van der Waals surface area contributed by atoms with Crippen molar-refractivity contribution in [3.05, 3.63) is 78.5 Å². The van der Waals surface area contributed by atoms with Crippen molar-refractivity contribution in [2.24, 2.45) is 5.73 Å². The third-order valence-electron chi connectivity index (χ3n) is 4.10. The lowest BCUT2D eigenvalue weighted by Crippen LogP contribution is -2.24.